The minimum absolute atomic E-state index is 0.0158. The van der Waals surface area contributed by atoms with Gasteiger partial charge in [-0.1, -0.05) is 30.3 Å². The molecule has 1 fully saturated rings. The van der Waals surface area contributed by atoms with Crippen molar-refractivity contribution in [1.82, 2.24) is 24.6 Å². The molecule has 3 heterocycles. The Balaban J connectivity index is 1.32. The fraction of sp³-hybridized carbons (Fsp3) is 0.364. The minimum Gasteiger partial charge on any atom is -0.481 e. The van der Waals surface area contributed by atoms with Crippen LogP contribution in [0.5, 0.6) is 5.88 Å². The lowest BCUT2D eigenvalue weighted by molar-refractivity contribution is 0.101. The second kappa shape index (κ2) is 12.0. The van der Waals surface area contributed by atoms with Gasteiger partial charge in [0, 0.05) is 37.0 Å². The third-order valence-electron chi connectivity index (χ3n) is 8.84. The van der Waals surface area contributed by atoms with E-state index in [-0.39, 0.29) is 17.8 Å². The summed E-state index contributed by atoms with van der Waals surface area (Å²) >= 11 is 0. The van der Waals surface area contributed by atoms with Crippen LogP contribution in [0.4, 0.5) is 5.69 Å². The fourth-order valence-corrected chi connectivity index (χ4v) is 6.32. The molecule has 12 heteroatoms. The average Bonchev–Trinajstić information content (AvgIpc) is 3.64. The molecular weight excluding hydrogens is 576 g/mol. The molecule has 0 radical (unpaired) electrons. The van der Waals surface area contributed by atoms with Gasteiger partial charge in [0.05, 0.1) is 38.2 Å². The second-order valence-corrected chi connectivity index (χ2v) is 11.6. The summed E-state index contributed by atoms with van der Waals surface area (Å²) in [5, 5.41) is 20.5. The SMILES string of the molecule is COc1nc(-c2cccc(-c3cccc(NC(=O)c4nn(C)c(=O)n(C)c4=O)c3C)c2C)cc2c1C(N[C@@H]1COC[C@@H]1O)CC2. The van der Waals surface area contributed by atoms with E-state index in [1.54, 1.807) is 13.2 Å². The molecule has 45 heavy (non-hydrogen) atoms. The zero-order valence-corrected chi connectivity index (χ0v) is 25.9. The molecule has 0 spiro atoms. The molecule has 1 amide bonds. The maximum absolute atomic E-state index is 13.1. The number of anilines is 1. The van der Waals surface area contributed by atoms with Crippen molar-refractivity contribution in [2.45, 2.75) is 44.9 Å². The maximum atomic E-state index is 13.1. The van der Waals surface area contributed by atoms with Gasteiger partial charge in [0.1, 0.15) is 0 Å². The largest absolute Gasteiger partial charge is 0.481 e. The molecule has 2 aromatic carbocycles. The molecule has 0 saturated carbocycles. The summed E-state index contributed by atoms with van der Waals surface area (Å²) in [6.45, 7) is 4.75. The van der Waals surface area contributed by atoms with E-state index in [4.69, 9.17) is 14.5 Å². The van der Waals surface area contributed by atoms with Gasteiger partial charge in [-0.25, -0.2) is 14.5 Å². The summed E-state index contributed by atoms with van der Waals surface area (Å²) in [6, 6.07) is 13.6. The third-order valence-corrected chi connectivity index (χ3v) is 8.84. The van der Waals surface area contributed by atoms with Gasteiger partial charge < -0.3 is 25.2 Å². The van der Waals surface area contributed by atoms with Crippen LogP contribution in [0.3, 0.4) is 0 Å². The number of benzene rings is 2. The molecule has 1 unspecified atom stereocenters. The quantitative estimate of drug-likeness (QED) is 0.286. The summed E-state index contributed by atoms with van der Waals surface area (Å²) in [7, 11) is 4.32. The van der Waals surface area contributed by atoms with E-state index in [2.05, 4.69) is 21.8 Å². The van der Waals surface area contributed by atoms with E-state index >= 15 is 0 Å². The number of pyridine rings is 1. The van der Waals surface area contributed by atoms with Crippen molar-refractivity contribution in [3.8, 4) is 28.3 Å². The summed E-state index contributed by atoms with van der Waals surface area (Å²) in [5.41, 5.74) is 6.39. The zero-order valence-electron chi connectivity index (χ0n) is 25.9. The number of aliphatic hydroxyl groups is 1. The number of nitrogens with zero attached hydrogens (tertiary/aromatic N) is 4. The summed E-state index contributed by atoms with van der Waals surface area (Å²) < 4.78 is 13.0. The lowest BCUT2D eigenvalue weighted by atomic mass is 9.91. The van der Waals surface area contributed by atoms with Crippen molar-refractivity contribution < 1.29 is 19.4 Å². The Bertz CT molecular complexity index is 1930. The van der Waals surface area contributed by atoms with Gasteiger partial charge in [-0.3, -0.25) is 14.2 Å². The van der Waals surface area contributed by atoms with Gasteiger partial charge in [-0.2, -0.15) is 5.10 Å². The summed E-state index contributed by atoms with van der Waals surface area (Å²) in [5.74, 6) is -0.135. The van der Waals surface area contributed by atoms with Crippen LogP contribution in [0, 0.1) is 13.8 Å². The monoisotopic (exact) mass is 612 g/mol. The van der Waals surface area contributed by atoms with Crippen LogP contribution in [0.25, 0.3) is 22.4 Å². The van der Waals surface area contributed by atoms with Crippen molar-refractivity contribution >= 4 is 11.6 Å². The van der Waals surface area contributed by atoms with E-state index in [1.807, 2.05) is 44.2 Å². The summed E-state index contributed by atoms with van der Waals surface area (Å²) in [6.07, 6.45) is 1.19. The zero-order chi connectivity index (χ0) is 32.0. The lowest BCUT2D eigenvalue weighted by Gasteiger charge is -2.22. The Morgan fingerprint density at radius 1 is 1.04 bits per heavy atom. The Hall–Kier alpha value is -4.65. The minimum atomic E-state index is -0.766. The standard InChI is InChI=1S/C33H36N6O6/c1-17-20(21-9-7-11-23(18(21)2)35-30(41)29-32(42)38(3)33(43)39(4)37-29)8-6-10-22(17)25-14-19-12-13-24(28(19)31(36-25)44-5)34-26-15-45-16-27(26)40/h6-11,14,24,26-27,34,40H,12-13,15-16H2,1-5H3,(H,35,41)/t24?,26-,27+/m1/s1. The molecule has 3 atom stereocenters. The number of carbonyl (C=O) groups excluding carboxylic acids is 1. The number of methoxy groups -OCH3 is 1. The molecule has 6 rings (SSSR count). The molecule has 3 N–H and O–H groups in total. The molecule has 12 nitrogen and oxygen atoms in total. The highest BCUT2D eigenvalue weighted by Gasteiger charge is 2.34. The number of aliphatic hydroxyl groups excluding tert-OH is 1. The second-order valence-electron chi connectivity index (χ2n) is 11.6. The number of hydrogen-bond donors (Lipinski definition) is 3. The Morgan fingerprint density at radius 2 is 1.76 bits per heavy atom. The van der Waals surface area contributed by atoms with Crippen LogP contribution in [-0.2, 0) is 25.3 Å². The van der Waals surface area contributed by atoms with E-state index in [0.717, 1.165) is 66.7 Å². The van der Waals surface area contributed by atoms with Crippen molar-refractivity contribution in [2.75, 3.05) is 25.6 Å². The Kier molecular flexibility index (Phi) is 8.12. The van der Waals surface area contributed by atoms with Crippen LogP contribution in [0.1, 0.15) is 45.2 Å². The van der Waals surface area contributed by atoms with Gasteiger partial charge in [-0.05, 0) is 66.6 Å². The Labute approximate surface area is 259 Å². The van der Waals surface area contributed by atoms with Crippen molar-refractivity contribution in [3.63, 3.8) is 0 Å². The normalized spacial score (nSPS) is 19.0. The molecule has 2 aromatic heterocycles. The number of fused-ring (bicyclic) bond motifs is 1. The first-order valence-electron chi connectivity index (χ1n) is 14.8. The van der Waals surface area contributed by atoms with Gasteiger partial charge in [0.2, 0.25) is 11.6 Å². The van der Waals surface area contributed by atoms with Crippen LogP contribution in [0.15, 0.2) is 52.1 Å². The first-order valence-corrected chi connectivity index (χ1v) is 14.8. The number of ether oxygens (including phenoxy) is 2. The van der Waals surface area contributed by atoms with Crippen molar-refractivity contribution in [2.24, 2.45) is 14.1 Å². The highest BCUT2D eigenvalue weighted by atomic mass is 16.5. The predicted octanol–water partition coefficient (Wildman–Crippen LogP) is 2.42. The van der Waals surface area contributed by atoms with Gasteiger partial charge in [0.25, 0.3) is 11.5 Å². The number of aryl methyl sites for hydroxylation is 2. The lowest BCUT2D eigenvalue weighted by Crippen LogP contribution is -2.43. The van der Waals surface area contributed by atoms with Gasteiger partial charge in [0.15, 0.2) is 0 Å². The smallest absolute Gasteiger partial charge is 0.346 e. The van der Waals surface area contributed by atoms with Crippen LogP contribution in [-0.4, -0.2) is 62.8 Å². The number of nitrogens with one attached hydrogen (secondary N) is 2. The molecule has 234 valence electrons. The average molecular weight is 613 g/mol. The van der Waals surface area contributed by atoms with Crippen molar-refractivity contribution in [3.05, 3.63) is 91.3 Å². The maximum Gasteiger partial charge on any atom is 0.346 e. The topological polar surface area (TPSA) is 150 Å². The third kappa shape index (κ3) is 5.45. The number of hydrogen-bond acceptors (Lipinski definition) is 9. The van der Waals surface area contributed by atoms with E-state index in [0.29, 0.717) is 24.8 Å². The highest BCUT2D eigenvalue weighted by Crippen LogP contribution is 2.41. The molecule has 2 aliphatic rings. The molecule has 0 bridgehead atoms. The Morgan fingerprint density at radius 3 is 2.47 bits per heavy atom. The van der Waals surface area contributed by atoms with Gasteiger partial charge >= 0.3 is 5.69 Å². The van der Waals surface area contributed by atoms with Crippen LogP contribution < -0.4 is 26.6 Å². The van der Waals surface area contributed by atoms with E-state index < -0.39 is 23.3 Å². The molecule has 1 saturated heterocycles. The fourth-order valence-electron chi connectivity index (χ4n) is 6.32. The molecular formula is C33H36N6O6. The van der Waals surface area contributed by atoms with Crippen LogP contribution in [0.2, 0.25) is 0 Å². The number of carbonyl (C=O) groups is 1. The summed E-state index contributed by atoms with van der Waals surface area (Å²) in [4.78, 5) is 42.6. The first-order chi connectivity index (χ1) is 21.6. The first kappa shape index (κ1) is 30.4. The number of aromatic nitrogens is 4. The highest BCUT2D eigenvalue weighted by molar-refractivity contribution is 6.03. The number of rotatable bonds is 7. The van der Waals surface area contributed by atoms with E-state index in [1.165, 1.54) is 14.1 Å². The van der Waals surface area contributed by atoms with Crippen LogP contribution >= 0.6 is 0 Å². The predicted molar refractivity (Wildman–Crippen MR) is 169 cm³/mol. The molecule has 1 aliphatic heterocycles. The van der Waals surface area contributed by atoms with E-state index in [9.17, 15) is 19.5 Å². The molecule has 1 aliphatic carbocycles. The van der Waals surface area contributed by atoms with Gasteiger partial charge in [-0.15, -0.1) is 0 Å². The molecule has 4 aromatic rings. The number of amides is 1. The van der Waals surface area contributed by atoms with Crippen molar-refractivity contribution in [1.29, 1.82) is 0 Å².